The Morgan fingerprint density at radius 3 is 2.14 bits per heavy atom. The Bertz CT molecular complexity index is 1050. The Morgan fingerprint density at radius 2 is 1.59 bits per heavy atom. The second kappa shape index (κ2) is 10.2. The van der Waals surface area contributed by atoms with E-state index in [1.165, 1.54) is 32.9 Å². The van der Waals surface area contributed by atoms with E-state index in [1.54, 1.807) is 13.8 Å². The number of esters is 4. The van der Waals surface area contributed by atoms with Crippen LogP contribution in [0.2, 0.25) is 0 Å². The van der Waals surface area contributed by atoms with Gasteiger partial charge in [0, 0.05) is 44.4 Å². The van der Waals surface area contributed by atoms with Crippen molar-refractivity contribution in [3.63, 3.8) is 0 Å². The average molecular weight is 541 g/mol. The Morgan fingerprint density at radius 1 is 1.05 bits per heavy atom. The van der Waals surface area contributed by atoms with Gasteiger partial charge in [-0.1, -0.05) is 32.1 Å². The minimum Gasteiger partial charge on any atom is -0.459 e. The third kappa shape index (κ3) is 4.93. The van der Waals surface area contributed by atoms with Gasteiger partial charge in [-0.15, -0.1) is 11.6 Å². The lowest BCUT2D eigenvalue weighted by molar-refractivity contribution is -0.217. The normalized spacial score (nSPS) is 41.7. The number of fused-ring (bicyclic) bond motifs is 2. The van der Waals surface area contributed by atoms with E-state index in [4.69, 9.17) is 30.5 Å². The van der Waals surface area contributed by atoms with Crippen LogP contribution < -0.4 is 0 Å². The third-order valence-corrected chi connectivity index (χ3v) is 8.35. The van der Waals surface area contributed by atoms with Crippen LogP contribution in [0.1, 0.15) is 48.0 Å². The number of rotatable bonds is 3. The summed E-state index contributed by atoms with van der Waals surface area (Å²) in [4.78, 5) is 62.6. The summed E-state index contributed by atoms with van der Waals surface area (Å²) in [5.41, 5.74) is -3.30. The second-order valence-electron chi connectivity index (χ2n) is 10.4. The molecule has 204 valence electrons. The van der Waals surface area contributed by atoms with Gasteiger partial charge in [0.1, 0.15) is 18.3 Å². The summed E-state index contributed by atoms with van der Waals surface area (Å²) in [6, 6.07) is 0. The molecule has 1 aliphatic heterocycles. The number of allylic oxidation sites excluding steroid dienone is 1. The van der Waals surface area contributed by atoms with Gasteiger partial charge < -0.3 is 24.1 Å². The molecule has 2 aliphatic carbocycles. The van der Waals surface area contributed by atoms with E-state index in [2.05, 4.69) is 6.58 Å². The molecule has 0 aromatic heterocycles. The number of hydrogen-bond acceptors (Lipinski definition) is 10. The van der Waals surface area contributed by atoms with Crippen LogP contribution in [0.15, 0.2) is 24.3 Å². The van der Waals surface area contributed by atoms with E-state index in [-0.39, 0.29) is 17.8 Å². The van der Waals surface area contributed by atoms with Gasteiger partial charge >= 0.3 is 23.9 Å². The molecule has 10 unspecified atom stereocenters. The number of aliphatic hydroxyl groups is 1. The zero-order valence-electron chi connectivity index (χ0n) is 21.7. The predicted molar refractivity (Wildman–Crippen MR) is 129 cm³/mol. The largest absolute Gasteiger partial charge is 0.459 e. The highest BCUT2D eigenvalue weighted by Crippen LogP contribution is 2.54. The van der Waals surface area contributed by atoms with E-state index in [0.29, 0.717) is 0 Å². The zero-order valence-corrected chi connectivity index (χ0v) is 22.4. The second-order valence-corrected chi connectivity index (χ2v) is 10.8. The molecule has 1 saturated carbocycles. The fourth-order valence-electron chi connectivity index (χ4n) is 6.00. The number of alkyl halides is 1. The molecule has 3 rings (SSSR count). The first kappa shape index (κ1) is 28.8. The van der Waals surface area contributed by atoms with Crippen LogP contribution in [0, 0.1) is 23.2 Å². The maximum atomic E-state index is 13.0. The minimum absolute atomic E-state index is 0.110. The summed E-state index contributed by atoms with van der Waals surface area (Å²) in [6.07, 6.45) is -2.54. The monoisotopic (exact) mass is 540 g/mol. The molecule has 3 aliphatic rings. The van der Waals surface area contributed by atoms with Crippen molar-refractivity contribution in [1.82, 2.24) is 0 Å². The van der Waals surface area contributed by atoms with Crippen LogP contribution >= 0.6 is 11.6 Å². The molecule has 0 radical (unpaired) electrons. The lowest BCUT2D eigenvalue weighted by Gasteiger charge is -2.53. The van der Waals surface area contributed by atoms with Crippen molar-refractivity contribution in [2.45, 2.75) is 83.4 Å². The van der Waals surface area contributed by atoms with Crippen LogP contribution in [-0.4, -0.2) is 70.2 Å². The maximum Gasteiger partial charge on any atom is 0.312 e. The highest BCUT2D eigenvalue weighted by atomic mass is 35.5. The van der Waals surface area contributed by atoms with E-state index in [9.17, 15) is 29.1 Å². The first-order chi connectivity index (χ1) is 17.0. The van der Waals surface area contributed by atoms with Crippen LogP contribution in [0.25, 0.3) is 0 Å². The molecule has 1 N–H and O–H groups in total. The van der Waals surface area contributed by atoms with Crippen molar-refractivity contribution >= 4 is 41.3 Å². The molecule has 2 fully saturated rings. The van der Waals surface area contributed by atoms with E-state index in [0.717, 1.165) is 6.92 Å². The highest BCUT2D eigenvalue weighted by molar-refractivity contribution is 6.23. The van der Waals surface area contributed by atoms with Crippen molar-refractivity contribution < 1.29 is 48.0 Å². The minimum atomic E-state index is -2.18. The van der Waals surface area contributed by atoms with Crippen molar-refractivity contribution in [2.75, 3.05) is 0 Å². The Labute approximate surface area is 220 Å². The lowest BCUT2D eigenvalue weighted by atomic mass is 9.56. The summed E-state index contributed by atoms with van der Waals surface area (Å²) in [5.74, 6) is -6.42. The number of halogens is 1. The number of carbonyl (C=O) groups excluding carboxylic acids is 5. The van der Waals surface area contributed by atoms with Gasteiger partial charge in [-0.25, -0.2) is 0 Å². The molecule has 0 spiro atoms. The summed E-state index contributed by atoms with van der Waals surface area (Å²) in [6.45, 7) is 12.1. The quantitative estimate of drug-likeness (QED) is 0.244. The fraction of sp³-hybridized carbons (Fsp3) is 0.654. The van der Waals surface area contributed by atoms with Gasteiger partial charge in [0.25, 0.3) is 0 Å². The Kier molecular flexibility index (Phi) is 7.96. The van der Waals surface area contributed by atoms with E-state index in [1.807, 2.05) is 0 Å². The molecular weight excluding hydrogens is 508 g/mol. The molecule has 0 aromatic carbocycles. The topological polar surface area (TPSA) is 142 Å². The molecular formula is C26H33ClO10. The summed E-state index contributed by atoms with van der Waals surface area (Å²) >= 11 is 6.72. The van der Waals surface area contributed by atoms with Gasteiger partial charge in [-0.2, -0.15) is 0 Å². The van der Waals surface area contributed by atoms with Crippen LogP contribution in [-0.2, 0) is 42.9 Å². The zero-order chi connectivity index (χ0) is 28.0. The van der Waals surface area contributed by atoms with E-state index < -0.39 is 82.4 Å². The van der Waals surface area contributed by atoms with Crippen molar-refractivity contribution in [1.29, 1.82) is 0 Å². The van der Waals surface area contributed by atoms with Crippen LogP contribution in [0.4, 0.5) is 0 Å². The van der Waals surface area contributed by atoms with Crippen LogP contribution in [0.5, 0.6) is 0 Å². The number of ketones is 1. The van der Waals surface area contributed by atoms with Crippen molar-refractivity contribution in [3.8, 4) is 0 Å². The first-order valence-corrected chi connectivity index (χ1v) is 12.5. The van der Waals surface area contributed by atoms with E-state index >= 15 is 0 Å². The summed E-state index contributed by atoms with van der Waals surface area (Å²) < 4.78 is 22.6. The van der Waals surface area contributed by atoms with Gasteiger partial charge in [0.2, 0.25) is 0 Å². The lowest BCUT2D eigenvalue weighted by Crippen LogP contribution is -2.67. The number of carbonyl (C=O) groups is 5. The Balaban J connectivity index is 2.39. The predicted octanol–water partition coefficient (Wildman–Crippen LogP) is 2.04. The molecule has 1 heterocycles. The molecule has 10 nitrogen and oxygen atoms in total. The summed E-state index contributed by atoms with van der Waals surface area (Å²) in [5, 5.41) is 11.0. The summed E-state index contributed by atoms with van der Waals surface area (Å²) in [7, 11) is 0. The molecule has 1 saturated heterocycles. The number of hydrogen-bond donors (Lipinski definition) is 1. The van der Waals surface area contributed by atoms with Gasteiger partial charge in [-0.05, 0) is 13.0 Å². The maximum absolute atomic E-state index is 13.0. The molecule has 37 heavy (non-hydrogen) atoms. The molecule has 0 bridgehead atoms. The smallest absolute Gasteiger partial charge is 0.312 e. The Hall–Kier alpha value is -2.72. The highest BCUT2D eigenvalue weighted by Gasteiger charge is 2.68. The molecule has 0 aromatic rings. The average Bonchev–Trinajstić information content (AvgIpc) is 3.02. The SMILES string of the molecule is C=C1CC(OC(C)=O)C(OC(C)=O)C2(C)C=CC(=O)C(C)C2C(OC(C)=O)C2(O)C(C)C(=O)OC2C1Cl. The fourth-order valence-corrected chi connectivity index (χ4v) is 6.34. The van der Waals surface area contributed by atoms with Gasteiger partial charge in [0.15, 0.2) is 17.5 Å². The first-order valence-electron chi connectivity index (χ1n) is 12.0. The molecule has 11 heteroatoms. The van der Waals surface area contributed by atoms with Gasteiger partial charge in [-0.3, -0.25) is 24.0 Å². The molecule has 10 atom stereocenters. The van der Waals surface area contributed by atoms with Crippen LogP contribution in [0.3, 0.4) is 0 Å². The van der Waals surface area contributed by atoms with Crippen molar-refractivity contribution in [2.24, 2.45) is 23.2 Å². The van der Waals surface area contributed by atoms with Crippen molar-refractivity contribution in [3.05, 3.63) is 24.3 Å². The standard InChI is InChI=1S/C26H33ClO10/c1-11-10-18(34-14(4)28)21(35-15(5)29)25(7)9-8-17(31)12(2)19(25)22(36-16(6)30)26(33)13(3)24(32)37-23(26)20(11)27/h8-9,12-13,18-23,33H,1,10H2,2-7H3. The molecule has 0 amide bonds. The van der Waals surface area contributed by atoms with Gasteiger partial charge in [0.05, 0.1) is 11.3 Å². The number of ether oxygens (including phenoxy) is 4. The third-order valence-electron chi connectivity index (χ3n) is 7.81.